The third kappa shape index (κ3) is 3.73. The summed E-state index contributed by atoms with van der Waals surface area (Å²) >= 11 is 0. The maximum atomic E-state index is 11.8. The number of aromatic nitrogens is 4. The summed E-state index contributed by atoms with van der Waals surface area (Å²) in [5, 5.41) is 13.3. The number of nitrogens with two attached hydrogens (primary N) is 1. The minimum absolute atomic E-state index is 0.266. The smallest absolute Gasteiger partial charge is 0.428 e. The van der Waals surface area contributed by atoms with Crippen LogP contribution >= 0.6 is 0 Å². The zero-order valence-corrected chi connectivity index (χ0v) is 14.3. The number of anilines is 1. The van der Waals surface area contributed by atoms with Crippen LogP contribution in [0.1, 0.15) is 32.4 Å². The van der Waals surface area contributed by atoms with Gasteiger partial charge in [0.05, 0.1) is 12.9 Å². The van der Waals surface area contributed by atoms with E-state index in [1.165, 1.54) is 12.7 Å². The molecule has 0 radical (unpaired) electrons. The molecule has 4 N–H and O–H groups in total. The molecule has 0 bridgehead atoms. The monoisotopic (exact) mass is 363 g/mol. The number of hydrazone groups is 1. The number of unbranched alkanes of at least 4 members (excludes halogenated alkanes) is 1. The second kappa shape index (κ2) is 8.06. The molecular weight excluding hydrogens is 342 g/mol. The zero-order valence-electron chi connectivity index (χ0n) is 14.3. The van der Waals surface area contributed by atoms with Crippen molar-refractivity contribution in [2.75, 3.05) is 12.3 Å². The van der Waals surface area contributed by atoms with Crippen LogP contribution in [-0.4, -0.2) is 55.7 Å². The van der Waals surface area contributed by atoms with Crippen molar-refractivity contribution in [3.63, 3.8) is 0 Å². The van der Waals surface area contributed by atoms with Gasteiger partial charge < -0.3 is 20.3 Å². The molecule has 0 aliphatic carbocycles. The maximum absolute atomic E-state index is 11.8. The molecule has 3 heterocycles. The molecule has 140 valence electrons. The number of nitrogens with zero attached hydrogens (tertiary/aromatic N) is 5. The molecule has 1 aliphatic rings. The van der Waals surface area contributed by atoms with E-state index < -0.39 is 24.5 Å². The first-order chi connectivity index (χ1) is 12.6. The summed E-state index contributed by atoms with van der Waals surface area (Å²) in [6, 6.07) is 0. The number of fused-ring (bicyclic) bond motifs is 1. The molecule has 0 aromatic carbocycles. The Kier molecular flexibility index (Phi) is 5.58. The van der Waals surface area contributed by atoms with E-state index in [-0.39, 0.29) is 12.4 Å². The summed E-state index contributed by atoms with van der Waals surface area (Å²) in [5.74, 6) is 0.266. The Morgan fingerprint density at radius 3 is 3.19 bits per heavy atom. The largest absolute Gasteiger partial charge is 0.442 e. The molecule has 1 saturated heterocycles. The zero-order chi connectivity index (χ0) is 18.5. The van der Waals surface area contributed by atoms with Crippen LogP contribution in [0.25, 0.3) is 11.2 Å². The van der Waals surface area contributed by atoms with Gasteiger partial charge in [-0.15, -0.1) is 0 Å². The molecular formula is C15H21N7O4. The molecule has 3 atom stereocenters. The SMILES string of the molecule is CCC/C=N/NC(=O)O[C@H]1C[C@H](n2cnc3c(N)ncnc32)O[C@@H]1CO. The first kappa shape index (κ1) is 18.0. The lowest BCUT2D eigenvalue weighted by Crippen LogP contribution is -2.33. The maximum Gasteiger partial charge on any atom is 0.428 e. The molecule has 0 unspecified atom stereocenters. The summed E-state index contributed by atoms with van der Waals surface area (Å²) in [6.45, 7) is 1.71. The standard InChI is InChI=1S/C15H21N7O4/c1-2-3-4-20-21-15(24)26-9-5-11(25-10(9)6-23)22-8-19-12-13(16)17-7-18-14(12)22/h4,7-11,23H,2-3,5-6H2,1H3,(H,21,24)(H2,16,17,18)/b20-4+/t9-,10+,11+/m0/s1. The summed E-state index contributed by atoms with van der Waals surface area (Å²) in [7, 11) is 0. The van der Waals surface area contributed by atoms with E-state index in [9.17, 15) is 9.90 Å². The van der Waals surface area contributed by atoms with Gasteiger partial charge in [-0.25, -0.2) is 25.2 Å². The van der Waals surface area contributed by atoms with E-state index in [2.05, 4.69) is 25.5 Å². The van der Waals surface area contributed by atoms with Crippen molar-refractivity contribution in [3.05, 3.63) is 12.7 Å². The molecule has 1 aliphatic heterocycles. The van der Waals surface area contributed by atoms with Gasteiger partial charge >= 0.3 is 6.09 Å². The lowest BCUT2D eigenvalue weighted by atomic mass is 10.2. The Bertz CT molecular complexity index is 793. The van der Waals surface area contributed by atoms with Crippen molar-refractivity contribution in [2.45, 2.75) is 44.6 Å². The van der Waals surface area contributed by atoms with E-state index in [0.717, 1.165) is 12.8 Å². The molecule has 1 fully saturated rings. The van der Waals surface area contributed by atoms with Crippen LogP contribution in [0.2, 0.25) is 0 Å². The summed E-state index contributed by atoms with van der Waals surface area (Å²) in [4.78, 5) is 24.1. The molecule has 11 nitrogen and oxygen atoms in total. The minimum atomic E-state index is -0.702. The van der Waals surface area contributed by atoms with Crippen LogP contribution in [0.4, 0.5) is 10.6 Å². The topological polar surface area (TPSA) is 150 Å². The Hall–Kier alpha value is -2.79. The van der Waals surface area contributed by atoms with Crippen LogP contribution in [-0.2, 0) is 9.47 Å². The predicted molar refractivity (Wildman–Crippen MR) is 92.2 cm³/mol. The summed E-state index contributed by atoms with van der Waals surface area (Å²) in [5.41, 5.74) is 9.04. The van der Waals surface area contributed by atoms with Crippen LogP contribution < -0.4 is 11.2 Å². The van der Waals surface area contributed by atoms with Crippen molar-refractivity contribution in [2.24, 2.45) is 5.10 Å². The summed E-state index contributed by atoms with van der Waals surface area (Å²) in [6.07, 6.45) is 3.97. The van der Waals surface area contributed by atoms with E-state index in [0.29, 0.717) is 17.6 Å². The molecule has 26 heavy (non-hydrogen) atoms. The number of nitrogens with one attached hydrogen (secondary N) is 1. The first-order valence-corrected chi connectivity index (χ1v) is 8.31. The lowest BCUT2D eigenvalue weighted by Gasteiger charge is -2.15. The number of carbonyl (C=O) groups excluding carboxylic acids is 1. The van der Waals surface area contributed by atoms with Crippen molar-refractivity contribution in [3.8, 4) is 0 Å². The van der Waals surface area contributed by atoms with Gasteiger partial charge in [0.2, 0.25) is 0 Å². The number of aliphatic hydroxyl groups is 1. The fraction of sp³-hybridized carbons (Fsp3) is 0.533. The minimum Gasteiger partial charge on any atom is -0.442 e. The number of hydrogen-bond acceptors (Lipinski definition) is 9. The van der Waals surface area contributed by atoms with Crippen LogP contribution in [0.3, 0.4) is 0 Å². The Labute approximate surface area is 149 Å². The van der Waals surface area contributed by atoms with Gasteiger partial charge in [0.15, 0.2) is 11.5 Å². The second-order valence-corrected chi connectivity index (χ2v) is 5.79. The van der Waals surface area contributed by atoms with E-state index in [1.54, 1.807) is 10.8 Å². The molecule has 1 amide bonds. The number of imidazole rings is 1. The van der Waals surface area contributed by atoms with Crippen LogP contribution in [0, 0.1) is 0 Å². The van der Waals surface area contributed by atoms with Gasteiger partial charge in [0.1, 0.15) is 30.3 Å². The number of aliphatic hydroxyl groups excluding tert-OH is 1. The molecule has 0 saturated carbocycles. The number of rotatable bonds is 6. The Morgan fingerprint density at radius 2 is 2.42 bits per heavy atom. The van der Waals surface area contributed by atoms with Gasteiger partial charge in [-0.05, 0) is 6.42 Å². The van der Waals surface area contributed by atoms with Crippen LogP contribution in [0.5, 0.6) is 0 Å². The summed E-state index contributed by atoms with van der Waals surface area (Å²) < 4.78 is 12.8. The third-order valence-electron chi connectivity index (χ3n) is 3.98. The van der Waals surface area contributed by atoms with Crippen molar-refractivity contribution in [1.29, 1.82) is 0 Å². The fourth-order valence-corrected chi connectivity index (χ4v) is 2.70. The number of hydrogen-bond donors (Lipinski definition) is 3. The number of nitrogen functional groups attached to an aromatic ring is 1. The third-order valence-corrected chi connectivity index (χ3v) is 3.98. The highest BCUT2D eigenvalue weighted by molar-refractivity contribution is 5.81. The molecule has 3 rings (SSSR count). The van der Waals surface area contributed by atoms with Gasteiger partial charge in [-0.1, -0.05) is 13.3 Å². The van der Waals surface area contributed by atoms with Crippen LogP contribution in [0.15, 0.2) is 17.8 Å². The first-order valence-electron chi connectivity index (χ1n) is 8.31. The molecule has 0 spiro atoms. The fourth-order valence-electron chi connectivity index (χ4n) is 2.70. The highest BCUT2D eigenvalue weighted by Gasteiger charge is 2.39. The lowest BCUT2D eigenvalue weighted by molar-refractivity contribution is -0.0458. The Morgan fingerprint density at radius 1 is 1.58 bits per heavy atom. The normalized spacial score (nSPS) is 22.9. The van der Waals surface area contributed by atoms with Gasteiger partial charge in [-0.3, -0.25) is 4.57 Å². The van der Waals surface area contributed by atoms with Gasteiger partial charge in [0.25, 0.3) is 0 Å². The van der Waals surface area contributed by atoms with E-state index >= 15 is 0 Å². The number of ether oxygens (including phenoxy) is 2. The molecule has 11 heteroatoms. The number of carbonyl (C=O) groups is 1. The average Bonchev–Trinajstić information content (AvgIpc) is 3.23. The van der Waals surface area contributed by atoms with Gasteiger partial charge in [0, 0.05) is 12.6 Å². The molecule has 2 aromatic heterocycles. The van der Waals surface area contributed by atoms with E-state index in [4.69, 9.17) is 15.2 Å². The predicted octanol–water partition coefficient (Wildman–Crippen LogP) is 0.569. The van der Waals surface area contributed by atoms with Crippen molar-refractivity contribution < 1.29 is 19.4 Å². The van der Waals surface area contributed by atoms with Gasteiger partial charge in [-0.2, -0.15) is 5.10 Å². The van der Waals surface area contributed by atoms with E-state index in [1.807, 2.05) is 6.92 Å². The van der Waals surface area contributed by atoms with Crippen molar-refractivity contribution >= 4 is 29.3 Å². The van der Waals surface area contributed by atoms with Crippen molar-refractivity contribution in [1.82, 2.24) is 24.9 Å². The average molecular weight is 363 g/mol. The number of amides is 1. The second-order valence-electron chi connectivity index (χ2n) is 5.79. The Balaban J connectivity index is 1.68. The molecule has 2 aromatic rings. The highest BCUT2D eigenvalue weighted by Crippen LogP contribution is 2.32. The quantitative estimate of drug-likeness (QED) is 0.498. The highest BCUT2D eigenvalue weighted by atomic mass is 16.6.